The highest BCUT2D eigenvalue weighted by molar-refractivity contribution is 5.67. The van der Waals surface area contributed by atoms with Crippen LogP contribution < -0.4 is 10.6 Å². The summed E-state index contributed by atoms with van der Waals surface area (Å²) in [6.07, 6.45) is 1.08. The van der Waals surface area contributed by atoms with E-state index in [0.29, 0.717) is 17.3 Å². The summed E-state index contributed by atoms with van der Waals surface area (Å²) in [6.45, 7) is 3.13. The quantitative estimate of drug-likeness (QED) is 0.860. The van der Waals surface area contributed by atoms with E-state index >= 15 is 0 Å². The van der Waals surface area contributed by atoms with Crippen LogP contribution >= 0.6 is 0 Å². The first-order valence-electron chi connectivity index (χ1n) is 6.71. The van der Waals surface area contributed by atoms with Gasteiger partial charge in [0.15, 0.2) is 5.69 Å². The summed E-state index contributed by atoms with van der Waals surface area (Å²) in [5, 5.41) is 9.08. The molecule has 0 spiro atoms. The number of nitrogen functional groups attached to an aromatic ring is 1. The third-order valence-corrected chi connectivity index (χ3v) is 3.64. The van der Waals surface area contributed by atoms with Gasteiger partial charge in [0, 0.05) is 12.2 Å². The van der Waals surface area contributed by atoms with Crippen LogP contribution in [0.15, 0.2) is 36.4 Å². The molecule has 2 aromatic rings. The third-order valence-electron chi connectivity index (χ3n) is 3.64. The van der Waals surface area contributed by atoms with Gasteiger partial charge in [-0.1, -0.05) is 25.1 Å². The number of anilines is 3. The Kier molecular flexibility index (Phi) is 3.03. The molecule has 0 fully saturated rings. The fourth-order valence-electron chi connectivity index (χ4n) is 2.71. The molecule has 1 aliphatic rings. The van der Waals surface area contributed by atoms with E-state index in [1.165, 1.54) is 11.3 Å². The van der Waals surface area contributed by atoms with Gasteiger partial charge in [-0.05, 0) is 36.1 Å². The van der Waals surface area contributed by atoms with E-state index in [-0.39, 0.29) is 0 Å². The lowest BCUT2D eigenvalue weighted by atomic mass is 9.94. The standard InChI is InChI=1S/C16H16N4/c1-11-8-12-4-2-3-5-15(12)20(10-11)16-7-6-13(18)14(9-17)19-16/h2-7,11H,8,10,18H2,1H3. The number of para-hydroxylation sites is 1. The van der Waals surface area contributed by atoms with Crippen molar-refractivity contribution in [2.75, 3.05) is 17.2 Å². The maximum Gasteiger partial charge on any atom is 0.165 e. The summed E-state index contributed by atoms with van der Waals surface area (Å²) < 4.78 is 0. The normalized spacial score (nSPS) is 17.4. The average molecular weight is 264 g/mol. The molecule has 20 heavy (non-hydrogen) atoms. The Morgan fingerprint density at radius 1 is 1.30 bits per heavy atom. The molecule has 0 amide bonds. The highest BCUT2D eigenvalue weighted by atomic mass is 15.2. The first kappa shape index (κ1) is 12.5. The Morgan fingerprint density at radius 2 is 2.10 bits per heavy atom. The lowest BCUT2D eigenvalue weighted by Gasteiger charge is -2.34. The van der Waals surface area contributed by atoms with Gasteiger partial charge in [0.1, 0.15) is 11.9 Å². The number of benzene rings is 1. The molecular formula is C16H16N4. The topological polar surface area (TPSA) is 65.9 Å². The second kappa shape index (κ2) is 4.86. The highest BCUT2D eigenvalue weighted by Crippen LogP contribution is 2.34. The van der Waals surface area contributed by atoms with Crippen molar-refractivity contribution in [2.24, 2.45) is 5.92 Å². The zero-order valence-corrected chi connectivity index (χ0v) is 11.4. The maximum atomic E-state index is 9.08. The number of nitrogens with two attached hydrogens (primary N) is 1. The molecule has 0 bridgehead atoms. The van der Waals surface area contributed by atoms with Gasteiger partial charge in [0.2, 0.25) is 0 Å². The molecule has 1 atom stereocenters. The van der Waals surface area contributed by atoms with Crippen LogP contribution in [-0.2, 0) is 6.42 Å². The van der Waals surface area contributed by atoms with Crippen LogP contribution in [-0.4, -0.2) is 11.5 Å². The molecule has 1 unspecified atom stereocenters. The molecule has 0 saturated carbocycles. The molecule has 0 radical (unpaired) electrons. The van der Waals surface area contributed by atoms with Crippen LogP contribution in [0, 0.1) is 17.2 Å². The number of rotatable bonds is 1. The predicted octanol–water partition coefficient (Wildman–Crippen LogP) is 2.87. The largest absolute Gasteiger partial charge is 0.396 e. The number of fused-ring (bicyclic) bond motifs is 1. The van der Waals surface area contributed by atoms with E-state index in [1.807, 2.05) is 18.2 Å². The van der Waals surface area contributed by atoms with Gasteiger partial charge in [0.05, 0.1) is 5.69 Å². The Labute approximate surface area is 118 Å². The van der Waals surface area contributed by atoms with Crippen molar-refractivity contribution in [1.29, 1.82) is 5.26 Å². The number of aromatic nitrogens is 1. The van der Waals surface area contributed by atoms with Crippen LogP contribution in [0.2, 0.25) is 0 Å². The second-order valence-corrected chi connectivity index (χ2v) is 5.27. The second-order valence-electron chi connectivity index (χ2n) is 5.27. The molecule has 4 nitrogen and oxygen atoms in total. The van der Waals surface area contributed by atoms with Crippen LogP contribution in [0.1, 0.15) is 18.2 Å². The van der Waals surface area contributed by atoms with Crippen molar-refractivity contribution in [1.82, 2.24) is 4.98 Å². The van der Waals surface area contributed by atoms with E-state index in [9.17, 15) is 0 Å². The van der Waals surface area contributed by atoms with Crippen molar-refractivity contribution in [3.8, 4) is 6.07 Å². The molecule has 2 heterocycles. The fraction of sp³-hybridized carbons (Fsp3) is 0.250. The van der Waals surface area contributed by atoms with E-state index in [0.717, 1.165) is 18.8 Å². The smallest absolute Gasteiger partial charge is 0.165 e. The molecule has 0 aliphatic carbocycles. The highest BCUT2D eigenvalue weighted by Gasteiger charge is 2.23. The zero-order valence-electron chi connectivity index (χ0n) is 11.4. The van der Waals surface area contributed by atoms with Gasteiger partial charge in [-0.2, -0.15) is 5.26 Å². The Balaban J connectivity index is 2.09. The summed E-state index contributed by atoms with van der Waals surface area (Å²) in [5.74, 6) is 1.34. The summed E-state index contributed by atoms with van der Waals surface area (Å²) >= 11 is 0. The van der Waals surface area contributed by atoms with Crippen LogP contribution in [0.3, 0.4) is 0 Å². The van der Waals surface area contributed by atoms with Gasteiger partial charge >= 0.3 is 0 Å². The Hall–Kier alpha value is -2.54. The van der Waals surface area contributed by atoms with Gasteiger partial charge in [-0.3, -0.25) is 0 Å². The Bertz CT molecular complexity index is 687. The first-order chi connectivity index (χ1) is 9.69. The first-order valence-corrected chi connectivity index (χ1v) is 6.71. The molecular weight excluding hydrogens is 248 g/mol. The van der Waals surface area contributed by atoms with Crippen molar-refractivity contribution >= 4 is 17.2 Å². The van der Waals surface area contributed by atoms with Crippen LogP contribution in [0.4, 0.5) is 17.2 Å². The van der Waals surface area contributed by atoms with Crippen LogP contribution in [0.5, 0.6) is 0 Å². The van der Waals surface area contributed by atoms with Crippen molar-refractivity contribution in [2.45, 2.75) is 13.3 Å². The summed E-state index contributed by atoms with van der Waals surface area (Å²) in [5.41, 5.74) is 8.96. The SMILES string of the molecule is CC1Cc2ccccc2N(c2ccc(N)c(C#N)n2)C1. The molecule has 1 aliphatic heterocycles. The minimum atomic E-state index is 0.290. The maximum absolute atomic E-state index is 9.08. The van der Waals surface area contributed by atoms with Crippen molar-refractivity contribution in [3.63, 3.8) is 0 Å². The fourth-order valence-corrected chi connectivity index (χ4v) is 2.71. The van der Waals surface area contributed by atoms with Gasteiger partial charge in [-0.25, -0.2) is 4.98 Å². The zero-order chi connectivity index (χ0) is 14.1. The van der Waals surface area contributed by atoms with E-state index in [1.54, 1.807) is 6.07 Å². The van der Waals surface area contributed by atoms with Crippen LogP contribution in [0.25, 0.3) is 0 Å². The lowest BCUT2D eigenvalue weighted by Crippen LogP contribution is -2.31. The molecule has 1 aromatic heterocycles. The van der Waals surface area contributed by atoms with Gasteiger partial charge < -0.3 is 10.6 Å². The number of nitrogens with zero attached hydrogens (tertiary/aromatic N) is 3. The van der Waals surface area contributed by atoms with Crippen molar-refractivity contribution < 1.29 is 0 Å². The average Bonchev–Trinajstić information content (AvgIpc) is 2.47. The number of hydrogen-bond donors (Lipinski definition) is 1. The van der Waals surface area contributed by atoms with Gasteiger partial charge in [-0.15, -0.1) is 0 Å². The summed E-state index contributed by atoms with van der Waals surface area (Å²) in [7, 11) is 0. The molecule has 0 saturated heterocycles. The minimum Gasteiger partial charge on any atom is -0.396 e. The minimum absolute atomic E-state index is 0.290. The third kappa shape index (κ3) is 2.08. The lowest BCUT2D eigenvalue weighted by molar-refractivity contribution is 0.560. The van der Waals surface area contributed by atoms with E-state index < -0.39 is 0 Å². The van der Waals surface area contributed by atoms with E-state index in [4.69, 9.17) is 11.0 Å². The predicted molar refractivity (Wildman–Crippen MR) is 79.7 cm³/mol. The van der Waals surface area contributed by atoms with Gasteiger partial charge in [0.25, 0.3) is 0 Å². The molecule has 1 aromatic carbocycles. The molecule has 3 rings (SSSR count). The number of nitriles is 1. The monoisotopic (exact) mass is 264 g/mol. The van der Waals surface area contributed by atoms with E-state index in [2.05, 4.69) is 35.0 Å². The molecule has 4 heteroatoms. The Morgan fingerprint density at radius 3 is 2.90 bits per heavy atom. The summed E-state index contributed by atoms with van der Waals surface area (Å²) in [4.78, 5) is 6.56. The molecule has 100 valence electrons. The van der Waals surface area contributed by atoms with Crippen molar-refractivity contribution in [3.05, 3.63) is 47.7 Å². The number of hydrogen-bond acceptors (Lipinski definition) is 4. The number of pyridine rings is 1. The molecule has 2 N–H and O–H groups in total. The summed E-state index contributed by atoms with van der Waals surface area (Å²) in [6, 6.07) is 14.0.